The van der Waals surface area contributed by atoms with Gasteiger partial charge in [-0.3, -0.25) is 56.6 Å². The molecule has 762 valence electrons. The van der Waals surface area contributed by atoms with Crippen LogP contribution in [-0.4, -0.2) is 205 Å². The number of carbonyl (C=O) groups is 4. The Morgan fingerprint density at radius 1 is 0.372 bits per heavy atom. The van der Waals surface area contributed by atoms with Gasteiger partial charge in [0.15, 0.2) is 0 Å². The van der Waals surface area contributed by atoms with Crippen LogP contribution < -0.4 is 75.4 Å². The third-order valence-corrected chi connectivity index (χ3v) is 30.6. The smallest absolute Gasteiger partial charge is 0.333 e. The van der Waals surface area contributed by atoms with E-state index in [-0.39, 0.29) is 108 Å². The highest BCUT2D eigenvalue weighted by atomic mass is 32.1. The van der Waals surface area contributed by atoms with Crippen molar-refractivity contribution in [1.82, 2.24) is 106 Å². The lowest BCUT2D eigenvalue weighted by atomic mass is 10.0. The molecule has 18 rings (SSSR count). The lowest BCUT2D eigenvalue weighted by molar-refractivity contribution is -0.134. The Labute approximate surface area is 834 Å². The molecule has 0 saturated carbocycles. The number of aliphatic hydroxyl groups excluding tert-OH is 4. The van der Waals surface area contributed by atoms with Gasteiger partial charge >= 0.3 is 22.8 Å². The van der Waals surface area contributed by atoms with Crippen LogP contribution in [0.2, 0.25) is 0 Å². The molecule has 8 N–H and O–H groups in total. The normalized spacial score (nSPS) is 14.0. The fourth-order valence-corrected chi connectivity index (χ4v) is 22.4. The van der Waals surface area contributed by atoms with Crippen LogP contribution in [-0.2, 0) is 56.4 Å². The molecule has 2 fully saturated rings. The molecular weight excluding hydrogens is 1970 g/mol. The summed E-state index contributed by atoms with van der Waals surface area (Å²) in [6, 6.07) is 15.9. The number of para-hydroxylation sites is 1. The number of aromatic nitrogens is 20. The average Bonchev–Trinajstić information content (AvgIpc) is 1.61. The molecule has 6 atom stereocenters. The summed E-state index contributed by atoms with van der Waals surface area (Å²) in [5.74, 6) is -2.96. The first-order valence-electron chi connectivity index (χ1n) is 45.2. The highest BCUT2D eigenvalue weighted by Gasteiger charge is 2.40. The monoisotopic (exact) mass is 2070 g/mol. The predicted octanol–water partition coefficient (Wildman–Crippen LogP) is 6.65. The number of primary amides is 2. The summed E-state index contributed by atoms with van der Waals surface area (Å²) in [5, 5.41) is 80.3. The molecule has 0 spiro atoms. The zero-order valence-corrected chi connectivity index (χ0v) is 83.9. The maximum Gasteiger partial charge on any atom is 0.333 e. The van der Waals surface area contributed by atoms with E-state index in [1.165, 1.54) is 193 Å². The third kappa shape index (κ3) is 19.6. The summed E-state index contributed by atoms with van der Waals surface area (Å²) >= 11 is 4.44. The number of methoxy groups -OCH3 is 4. The fraction of sp³-hybridized carbons (Fsp3) is 0.362. The van der Waals surface area contributed by atoms with E-state index in [2.05, 4.69) is 40.8 Å². The Hall–Kier alpha value is -15.3. The number of nitrogens with two attached hydrogens (primary N) is 2. The molecular formula is C94H101F3N24O20S4. The van der Waals surface area contributed by atoms with Crippen LogP contribution in [0.1, 0.15) is 148 Å². The second kappa shape index (κ2) is 42.3. The van der Waals surface area contributed by atoms with Crippen LogP contribution in [0.15, 0.2) is 167 Å². The molecule has 44 nitrogen and oxygen atoms in total. The van der Waals surface area contributed by atoms with Crippen LogP contribution in [0.3, 0.4) is 0 Å². The second-order valence-corrected chi connectivity index (χ2v) is 39.0. The van der Waals surface area contributed by atoms with Gasteiger partial charge in [0, 0.05) is 70.7 Å². The summed E-state index contributed by atoms with van der Waals surface area (Å²) < 4.78 is 71.6. The first kappa shape index (κ1) is 104. The third-order valence-electron chi connectivity index (χ3n) is 25.4. The number of likely N-dealkylation sites (tertiary alicyclic amines) is 2. The molecule has 4 aromatic carbocycles. The lowest BCUT2D eigenvalue weighted by Crippen LogP contribution is -2.54. The van der Waals surface area contributed by atoms with Crippen molar-refractivity contribution in [3.63, 3.8) is 0 Å². The minimum atomic E-state index is -1.68. The lowest BCUT2D eigenvalue weighted by Gasteiger charge is -2.25. The van der Waals surface area contributed by atoms with Gasteiger partial charge in [0.05, 0.1) is 126 Å². The molecule has 145 heavy (non-hydrogen) atoms. The highest BCUT2D eigenvalue weighted by Crippen LogP contribution is 2.40. The van der Waals surface area contributed by atoms with Gasteiger partial charge in [-0.05, 0) is 156 Å². The van der Waals surface area contributed by atoms with E-state index in [4.69, 9.17) is 30.4 Å². The van der Waals surface area contributed by atoms with E-state index in [1.807, 2.05) is 0 Å². The Bertz CT molecular complexity index is 7940. The highest BCUT2D eigenvalue weighted by molar-refractivity contribution is 7.22. The van der Waals surface area contributed by atoms with Crippen molar-refractivity contribution in [3.05, 3.63) is 274 Å². The Kier molecular flexibility index (Phi) is 30.4. The second-order valence-electron chi connectivity index (χ2n) is 35.1. The van der Waals surface area contributed by atoms with Crippen molar-refractivity contribution in [2.24, 2.45) is 11.5 Å². The van der Waals surface area contributed by atoms with Crippen molar-refractivity contribution in [2.75, 3.05) is 54.6 Å². The van der Waals surface area contributed by atoms with Crippen molar-refractivity contribution >= 4 is 110 Å². The molecule has 16 aromatic rings. The van der Waals surface area contributed by atoms with Crippen LogP contribution in [0.25, 0.3) is 60.9 Å². The van der Waals surface area contributed by atoms with Crippen LogP contribution in [0.5, 0.6) is 23.0 Å². The average molecular weight is 2070 g/mol. The summed E-state index contributed by atoms with van der Waals surface area (Å²) in [7, 11) is 5.64. The predicted molar refractivity (Wildman–Crippen MR) is 530 cm³/mol. The number of amides is 4. The van der Waals surface area contributed by atoms with Crippen molar-refractivity contribution < 1.29 is 71.7 Å². The standard InChI is InChI=1S/2C25H27FN6O5S.C22H23FN6O5S.C22H24N6O5S/c2*1-14-20-22(35)31(15(2)21(34)29-10-4-5-11-29)25(36)30(24(20)38-23(14)32-27-8-9-28-32)13-18(33)17-12-16(26)6-7-19(17)37-3;1-11-16-17(31)28(22(2,3)20(24)32)21(33)27(19(16)35-18(11)29-25-7-8-26-29)10-14(30)13-9-12(23)5-6-15(13)34-4;1-12-16-17(30)27(22(2,3)20(23)31)21(32)26(19(16)34-18(12)28-24-9-10-25-28)11-14(29)13-7-5-6-8-15(13)33-4/h2*6-9,12,15,18,33H,4-5,10-11,13H2,1-3H3;5-9,14,30H,10H2,1-4H3,(H2,24,32);5-10,14,29H,11H2,1-4H3,(H2,23,31)/t15-,18+;15-,18-;2*14-/m1000/s1. The summed E-state index contributed by atoms with van der Waals surface area (Å²) in [6.07, 6.45) is 10.1. The van der Waals surface area contributed by atoms with Gasteiger partial charge in [0.1, 0.15) is 127 Å². The van der Waals surface area contributed by atoms with Crippen LogP contribution in [0.4, 0.5) is 13.2 Å². The summed E-state index contributed by atoms with van der Waals surface area (Å²) in [6.45, 7) is 16.5. The number of benzene rings is 4. The fourth-order valence-electron chi connectivity index (χ4n) is 17.5. The number of rotatable bonds is 28. The molecule has 0 bridgehead atoms. The molecule has 2 saturated heterocycles. The Morgan fingerprint density at radius 3 is 0.876 bits per heavy atom. The first-order chi connectivity index (χ1) is 69.0. The zero-order valence-electron chi connectivity index (χ0n) is 80.7. The summed E-state index contributed by atoms with van der Waals surface area (Å²) in [4.78, 5) is 170. The number of thiophene rings is 4. The van der Waals surface area contributed by atoms with Gasteiger partial charge in [-0.2, -0.15) is 40.8 Å². The number of hydrogen-bond donors (Lipinski definition) is 6. The van der Waals surface area contributed by atoms with Gasteiger partial charge in [-0.1, -0.05) is 63.5 Å². The number of aliphatic hydroxyl groups is 4. The zero-order chi connectivity index (χ0) is 105. The summed E-state index contributed by atoms with van der Waals surface area (Å²) in [5.41, 5.74) is 5.04. The quantitative estimate of drug-likeness (QED) is 0.0299. The SMILES string of the molecule is COc1ccc(F)cc1[C@@H](O)Cn1c(=O)n(C(C)(C)C(N)=O)c(=O)c2c(C)c(-n3nccn3)sc21.COc1ccc(F)cc1[C@@H](O)Cn1c(=O)n([C@@H](C)C(=O)N2CCCC2)c(=O)c2c(C)c(-n3nccn3)sc21.COc1ccc(F)cc1[C@@H](O)Cn1c(=O)n([C@H](C)C(=O)N2CCCC2)c(=O)c2c(C)c(-n3nccn3)sc21.COc1ccccc1[C@@H](O)Cn1c(=O)n(C(C)(C)C(N)=O)c(=O)c2c(C)c(-n3nccn3)sc21. The number of halogens is 3. The number of hydrogen-bond acceptors (Lipinski definition) is 32. The van der Waals surface area contributed by atoms with Gasteiger partial charge in [0.2, 0.25) is 23.6 Å². The molecule has 51 heteroatoms. The molecule has 0 radical (unpaired) electrons. The molecule has 0 aliphatic carbocycles. The van der Waals surface area contributed by atoms with E-state index >= 15 is 0 Å². The van der Waals surface area contributed by atoms with Gasteiger partial charge in [0.25, 0.3) is 22.2 Å². The molecule has 14 heterocycles. The van der Waals surface area contributed by atoms with Crippen LogP contribution in [0, 0.1) is 45.1 Å². The largest absolute Gasteiger partial charge is 0.496 e. The van der Waals surface area contributed by atoms with E-state index < -0.39 is 122 Å². The van der Waals surface area contributed by atoms with E-state index in [1.54, 1.807) is 61.8 Å². The number of nitrogens with zero attached hydrogens (tertiary/aromatic N) is 22. The Balaban J connectivity index is 0.000000145. The minimum Gasteiger partial charge on any atom is -0.496 e. The number of fused-ring (bicyclic) bond motifs is 4. The number of carbonyl (C=O) groups excluding carboxylic acids is 4. The Morgan fingerprint density at radius 2 is 0.614 bits per heavy atom. The first-order valence-corrected chi connectivity index (χ1v) is 48.4. The minimum absolute atomic E-state index is 0.113. The van der Waals surface area contributed by atoms with Gasteiger partial charge in [-0.15, -0.1) is 19.2 Å². The number of aryl methyl sites for hydroxylation is 4. The van der Waals surface area contributed by atoms with E-state index in [0.717, 1.165) is 107 Å². The van der Waals surface area contributed by atoms with Crippen molar-refractivity contribution in [1.29, 1.82) is 0 Å². The maximum atomic E-state index is 14.1. The van der Waals surface area contributed by atoms with E-state index in [9.17, 15) is 91.1 Å². The molecule has 12 aromatic heterocycles. The van der Waals surface area contributed by atoms with Crippen molar-refractivity contribution in [2.45, 2.75) is 169 Å². The molecule has 0 unspecified atom stereocenters. The molecule has 2 aliphatic heterocycles. The van der Waals surface area contributed by atoms with Crippen LogP contribution >= 0.6 is 45.3 Å². The van der Waals surface area contributed by atoms with Gasteiger partial charge < -0.3 is 60.6 Å². The molecule has 4 amide bonds. The van der Waals surface area contributed by atoms with Crippen molar-refractivity contribution in [3.8, 4) is 43.0 Å². The topological polar surface area (TPSA) is 543 Å². The number of ether oxygens (including phenoxy) is 4. The maximum absolute atomic E-state index is 14.1. The molecule has 2 aliphatic rings. The van der Waals surface area contributed by atoms with Gasteiger partial charge in [-0.25, -0.2) is 50.6 Å². The van der Waals surface area contributed by atoms with E-state index in [0.29, 0.717) is 84.6 Å².